The predicted octanol–water partition coefficient (Wildman–Crippen LogP) is 3.36. The molecule has 1 spiro atoms. The first-order valence-electron chi connectivity index (χ1n) is 10.0. The molecule has 0 bridgehead atoms. The van der Waals surface area contributed by atoms with Crippen molar-refractivity contribution in [2.24, 2.45) is 0 Å². The van der Waals surface area contributed by atoms with Crippen molar-refractivity contribution in [2.75, 3.05) is 33.9 Å². The molecular formula is C22H30N2O5. The summed E-state index contributed by atoms with van der Waals surface area (Å²) in [6.45, 7) is 9.18. The van der Waals surface area contributed by atoms with Gasteiger partial charge in [-0.2, -0.15) is 5.06 Å². The Morgan fingerprint density at radius 2 is 1.76 bits per heavy atom. The fraction of sp³-hybridized carbons (Fsp3) is 0.545. The minimum absolute atomic E-state index is 0.132. The van der Waals surface area contributed by atoms with Gasteiger partial charge in [0.25, 0.3) is 5.91 Å². The van der Waals surface area contributed by atoms with Crippen molar-refractivity contribution in [1.29, 1.82) is 0 Å². The molecule has 2 heterocycles. The topological polar surface area (TPSA) is 68.3 Å². The summed E-state index contributed by atoms with van der Waals surface area (Å²) in [6, 6.07) is 4.04. The van der Waals surface area contributed by atoms with Gasteiger partial charge in [-0.1, -0.05) is 12.1 Å². The normalized spacial score (nSPS) is 19.2. The molecule has 2 aliphatic heterocycles. The van der Waals surface area contributed by atoms with E-state index < -0.39 is 11.7 Å². The van der Waals surface area contributed by atoms with Crippen molar-refractivity contribution in [2.45, 2.75) is 46.1 Å². The number of likely N-dealkylation sites (N-methyl/N-ethyl adjacent to an activating group) is 1. The van der Waals surface area contributed by atoms with Crippen LogP contribution in [0.5, 0.6) is 0 Å². The van der Waals surface area contributed by atoms with Crippen LogP contribution in [-0.4, -0.2) is 61.4 Å². The highest BCUT2D eigenvalue weighted by Gasteiger charge is 2.54. The van der Waals surface area contributed by atoms with Gasteiger partial charge >= 0.3 is 6.16 Å². The zero-order chi connectivity index (χ0) is 21.3. The lowest BCUT2D eigenvalue weighted by Crippen LogP contribution is -2.53. The largest absolute Gasteiger partial charge is 0.513 e. The van der Waals surface area contributed by atoms with Gasteiger partial charge in [0.05, 0.1) is 19.3 Å². The van der Waals surface area contributed by atoms with Crippen LogP contribution in [0.1, 0.15) is 42.0 Å². The molecule has 1 fully saturated rings. The number of aryl methyl sites for hydroxylation is 2. The molecule has 1 aromatic rings. The molecule has 2 aliphatic rings. The van der Waals surface area contributed by atoms with E-state index in [9.17, 15) is 9.59 Å². The standard InChI is InChI=1S/C22H30N2O5/c1-7-28-21(26)29-19-18(17-15(3)9-8-14(2)16(17)4)20(25)23(5)22(19)10-12-24(27-6)13-11-22/h8-9H,7,10-13H2,1-6H3. The van der Waals surface area contributed by atoms with Crippen LogP contribution < -0.4 is 0 Å². The van der Waals surface area contributed by atoms with E-state index in [4.69, 9.17) is 14.3 Å². The molecule has 0 N–H and O–H groups in total. The Hall–Kier alpha value is -2.38. The molecule has 0 unspecified atom stereocenters. The number of benzene rings is 1. The Morgan fingerprint density at radius 3 is 2.34 bits per heavy atom. The molecule has 0 atom stereocenters. The van der Waals surface area contributed by atoms with Crippen molar-refractivity contribution in [3.05, 3.63) is 40.1 Å². The second kappa shape index (κ2) is 8.16. The van der Waals surface area contributed by atoms with E-state index in [1.807, 2.05) is 38.0 Å². The lowest BCUT2D eigenvalue weighted by atomic mass is 9.84. The number of nitrogens with zero attached hydrogens (tertiary/aromatic N) is 2. The van der Waals surface area contributed by atoms with E-state index in [2.05, 4.69) is 0 Å². The summed E-state index contributed by atoms with van der Waals surface area (Å²) in [7, 11) is 3.42. The third-order valence-corrected chi connectivity index (χ3v) is 6.26. The molecule has 158 valence electrons. The van der Waals surface area contributed by atoms with Crippen LogP contribution in [0.4, 0.5) is 4.79 Å². The van der Waals surface area contributed by atoms with Crippen LogP contribution in [0.3, 0.4) is 0 Å². The van der Waals surface area contributed by atoms with Crippen molar-refractivity contribution < 1.29 is 23.9 Å². The number of hydrogen-bond acceptors (Lipinski definition) is 6. The maximum absolute atomic E-state index is 13.5. The third-order valence-electron chi connectivity index (χ3n) is 6.26. The van der Waals surface area contributed by atoms with Gasteiger partial charge < -0.3 is 19.2 Å². The highest BCUT2D eigenvalue weighted by molar-refractivity contribution is 6.24. The van der Waals surface area contributed by atoms with E-state index in [0.717, 1.165) is 22.3 Å². The lowest BCUT2D eigenvalue weighted by Gasteiger charge is -2.43. The predicted molar refractivity (Wildman–Crippen MR) is 109 cm³/mol. The van der Waals surface area contributed by atoms with Crippen LogP contribution in [0.25, 0.3) is 5.57 Å². The third kappa shape index (κ3) is 3.53. The quantitative estimate of drug-likeness (QED) is 0.720. The van der Waals surface area contributed by atoms with Gasteiger partial charge in [-0.25, -0.2) is 4.79 Å². The molecule has 7 heteroatoms. The molecule has 29 heavy (non-hydrogen) atoms. The molecule has 3 rings (SSSR count). The molecule has 1 aromatic carbocycles. The fourth-order valence-corrected chi connectivity index (χ4v) is 4.38. The van der Waals surface area contributed by atoms with Gasteiger partial charge in [0.2, 0.25) is 0 Å². The van der Waals surface area contributed by atoms with E-state index in [0.29, 0.717) is 37.3 Å². The number of amides is 1. The van der Waals surface area contributed by atoms with Crippen LogP contribution in [0.15, 0.2) is 17.9 Å². The molecule has 7 nitrogen and oxygen atoms in total. The van der Waals surface area contributed by atoms with E-state index in [1.165, 1.54) is 0 Å². The Bertz CT molecular complexity index is 853. The van der Waals surface area contributed by atoms with Gasteiger partial charge in [-0.05, 0) is 62.8 Å². The number of carbonyl (C=O) groups excluding carboxylic acids is 2. The summed E-state index contributed by atoms with van der Waals surface area (Å²) in [5.41, 5.74) is 3.67. The van der Waals surface area contributed by atoms with E-state index >= 15 is 0 Å². The molecule has 0 aliphatic carbocycles. The Balaban J connectivity index is 2.20. The first-order valence-corrected chi connectivity index (χ1v) is 10.0. The second-order valence-electron chi connectivity index (χ2n) is 7.70. The number of hydrogen-bond donors (Lipinski definition) is 0. The summed E-state index contributed by atoms with van der Waals surface area (Å²) < 4.78 is 10.8. The Labute approximate surface area is 172 Å². The number of carbonyl (C=O) groups is 2. The number of piperidine rings is 1. The van der Waals surface area contributed by atoms with Gasteiger partial charge in [0, 0.05) is 20.1 Å². The van der Waals surface area contributed by atoms with Gasteiger partial charge in [-0.3, -0.25) is 4.79 Å². The van der Waals surface area contributed by atoms with Crippen molar-refractivity contribution in [3.63, 3.8) is 0 Å². The number of hydroxylamine groups is 2. The van der Waals surface area contributed by atoms with Crippen LogP contribution in [0, 0.1) is 20.8 Å². The minimum Gasteiger partial charge on any atom is -0.434 e. The maximum Gasteiger partial charge on any atom is 0.513 e. The average molecular weight is 402 g/mol. The zero-order valence-electron chi connectivity index (χ0n) is 18.1. The summed E-state index contributed by atoms with van der Waals surface area (Å²) >= 11 is 0. The molecule has 1 amide bonds. The summed E-state index contributed by atoms with van der Waals surface area (Å²) in [4.78, 5) is 32.9. The first-order chi connectivity index (χ1) is 13.8. The second-order valence-corrected chi connectivity index (χ2v) is 7.70. The zero-order valence-corrected chi connectivity index (χ0v) is 18.1. The highest BCUT2D eigenvalue weighted by atomic mass is 16.7. The van der Waals surface area contributed by atoms with Gasteiger partial charge in [0.1, 0.15) is 5.54 Å². The molecule has 0 saturated carbocycles. The highest BCUT2D eigenvalue weighted by Crippen LogP contribution is 2.47. The van der Waals surface area contributed by atoms with E-state index in [1.54, 1.807) is 26.0 Å². The van der Waals surface area contributed by atoms with Crippen LogP contribution >= 0.6 is 0 Å². The van der Waals surface area contributed by atoms with Crippen molar-refractivity contribution >= 4 is 17.6 Å². The number of rotatable bonds is 4. The van der Waals surface area contributed by atoms with Gasteiger partial charge in [0.15, 0.2) is 5.76 Å². The maximum atomic E-state index is 13.5. The fourth-order valence-electron chi connectivity index (χ4n) is 4.38. The first kappa shape index (κ1) is 21.3. The summed E-state index contributed by atoms with van der Waals surface area (Å²) in [5.74, 6) is 0.267. The average Bonchev–Trinajstić information content (AvgIpc) is 2.89. The lowest BCUT2D eigenvalue weighted by molar-refractivity contribution is -0.162. The van der Waals surface area contributed by atoms with Crippen molar-refractivity contribution in [3.8, 4) is 0 Å². The monoisotopic (exact) mass is 402 g/mol. The summed E-state index contributed by atoms with van der Waals surface area (Å²) in [5, 5.41) is 1.85. The SMILES string of the molecule is CCOC(=O)OC1=C(c2c(C)ccc(C)c2C)C(=O)N(C)C12CCN(OC)CC2. The number of ether oxygens (including phenoxy) is 2. The minimum atomic E-state index is -0.778. The van der Waals surface area contributed by atoms with Gasteiger partial charge in [-0.15, -0.1) is 0 Å². The molecule has 1 saturated heterocycles. The Morgan fingerprint density at radius 1 is 1.14 bits per heavy atom. The molecular weight excluding hydrogens is 372 g/mol. The van der Waals surface area contributed by atoms with Crippen LogP contribution in [-0.2, 0) is 19.1 Å². The molecule has 0 radical (unpaired) electrons. The summed E-state index contributed by atoms with van der Waals surface area (Å²) in [6.07, 6.45) is 0.427. The van der Waals surface area contributed by atoms with Crippen molar-refractivity contribution in [1.82, 2.24) is 9.96 Å². The van der Waals surface area contributed by atoms with Crippen LogP contribution in [0.2, 0.25) is 0 Å². The smallest absolute Gasteiger partial charge is 0.434 e. The molecule has 0 aromatic heterocycles. The van der Waals surface area contributed by atoms with E-state index in [-0.39, 0.29) is 12.5 Å². The Kier molecular flexibility index (Phi) is 6.00.